The number of H-pyrrole nitrogens is 1. The minimum absolute atomic E-state index is 0.140. The van der Waals surface area contributed by atoms with Crippen LogP contribution < -0.4 is 15.8 Å². The average molecular weight is 316 g/mol. The molecule has 7 heteroatoms. The molecule has 0 bridgehead atoms. The molecule has 1 aromatic carbocycles. The second-order valence-corrected chi connectivity index (χ2v) is 5.31. The number of rotatable bonds is 2. The van der Waals surface area contributed by atoms with Gasteiger partial charge in [-0.2, -0.15) is 0 Å². The lowest BCUT2D eigenvalue weighted by atomic mass is 10.3. The molecule has 0 spiro atoms. The van der Waals surface area contributed by atoms with Gasteiger partial charge in [0, 0.05) is 37.9 Å². The van der Waals surface area contributed by atoms with E-state index in [9.17, 15) is 14.0 Å². The molecule has 1 aliphatic rings. The highest BCUT2D eigenvalue weighted by molar-refractivity contribution is 5.89. The van der Waals surface area contributed by atoms with Gasteiger partial charge in [0.25, 0.3) is 0 Å². The molecule has 1 fully saturated rings. The van der Waals surface area contributed by atoms with Crippen molar-refractivity contribution in [3.05, 3.63) is 58.6 Å². The maximum Gasteiger partial charge on any atom is 0.321 e. The topological polar surface area (TPSA) is 68.4 Å². The fraction of sp³-hybridized carbons (Fsp3) is 0.250. The number of halogens is 1. The SMILES string of the molecule is O=C(Nc1ccc(F)cc1)N1CCN(c2cccc(=O)[nH]2)CC1. The first-order valence-electron chi connectivity index (χ1n) is 7.37. The summed E-state index contributed by atoms with van der Waals surface area (Å²) in [4.78, 5) is 30.1. The highest BCUT2D eigenvalue weighted by Crippen LogP contribution is 2.13. The Morgan fingerprint density at radius 1 is 1.04 bits per heavy atom. The molecule has 0 unspecified atom stereocenters. The van der Waals surface area contributed by atoms with E-state index in [4.69, 9.17) is 0 Å². The van der Waals surface area contributed by atoms with Crippen LogP contribution >= 0.6 is 0 Å². The largest absolute Gasteiger partial charge is 0.355 e. The normalized spacial score (nSPS) is 14.7. The second-order valence-electron chi connectivity index (χ2n) is 5.31. The van der Waals surface area contributed by atoms with Crippen molar-refractivity contribution in [3.8, 4) is 0 Å². The van der Waals surface area contributed by atoms with Crippen molar-refractivity contribution >= 4 is 17.5 Å². The summed E-state index contributed by atoms with van der Waals surface area (Å²) in [5.41, 5.74) is 0.421. The molecule has 1 aliphatic heterocycles. The first-order chi connectivity index (χ1) is 11.1. The van der Waals surface area contributed by atoms with Crippen molar-refractivity contribution in [3.63, 3.8) is 0 Å². The number of nitrogens with one attached hydrogen (secondary N) is 2. The van der Waals surface area contributed by atoms with E-state index in [0.717, 1.165) is 5.82 Å². The first-order valence-corrected chi connectivity index (χ1v) is 7.37. The Hall–Kier alpha value is -2.83. The number of benzene rings is 1. The molecule has 0 aliphatic carbocycles. The quantitative estimate of drug-likeness (QED) is 0.889. The summed E-state index contributed by atoms with van der Waals surface area (Å²) >= 11 is 0. The molecule has 2 N–H and O–H groups in total. The van der Waals surface area contributed by atoms with Crippen molar-refractivity contribution in [1.82, 2.24) is 9.88 Å². The van der Waals surface area contributed by atoms with E-state index in [2.05, 4.69) is 10.3 Å². The van der Waals surface area contributed by atoms with Gasteiger partial charge < -0.3 is 20.1 Å². The number of hydrogen-bond donors (Lipinski definition) is 2. The first kappa shape index (κ1) is 15.1. The van der Waals surface area contributed by atoms with Crippen LogP contribution in [0.1, 0.15) is 0 Å². The van der Waals surface area contributed by atoms with Gasteiger partial charge in [-0.1, -0.05) is 6.07 Å². The van der Waals surface area contributed by atoms with Gasteiger partial charge >= 0.3 is 6.03 Å². The zero-order valence-corrected chi connectivity index (χ0v) is 12.5. The molecule has 120 valence electrons. The summed E-state index contributed by atoms with van der Waals surface area (Å²) in [7, 11) is 0. The molecule has 0 radical (unpaired) electrons. The summed E-state index contributed by atoms with van der Waals surface area (Å²) in [5.74, 6) is 0.421. The third-order valence-corrected chi connectivity index (χ3v) is 3.76. The number of aromatic amines is 1. The predicted octanol–water partition coefficient (Wildman–Crippen LogP) is 1.87. The summed E-state index contributed by atoms with van der Waals surface area (Å²) in [6.45, 7) is 2.36. The lowest BCUT2D eigenvalue weighted by Crippen LogP contribution is -2.50. The Balaban J connectivity index is 1.57. The molecule has 23 heavy (non-hydrogen) atoms. The van der Waals surface area contributed by atoms with Crippen LogP contribution in [0.3, 0.4) is 0 Å². The monoisotopic (exact) mass is 316 g/mol. The molecular formula is C16H17FN4O2. The number of amides is 2. The number of hydrogen-bond acceptors (Lipinski definition) is 3. The molecule has 0 atom stereocenters. The summed E-state index contributed by atoms with van der Waals surface area (Å²) in [5, 5.41) is 2.75. The smallest absolute Gasteiger partial charge is 0.321 e. The van der Waals surface area contributed by atoms with Crippen LogP contribution in [0, 0.1) is 5.82 Å². The maximum absolute atomic E-state index is 12.9. The average Bonchev–Trinajstić information content (AvgIpc) is 2.57. The maximum atomic E-state index is 12.9. The molecule has 2 heterocycles. The van der Waals surface area contributed by atoms with Gasteiger partial charge in [0.2, 0.25) is 5.56 Å². The highest BCUT2D eigenvalue weighted by Gasteiger charge is 2.21. The minimum atomic E-state index is -0.339. The third-order valence-electron chi connectivity index (χ3n) is 3.76. The van der Waals surface area contributed by atoms with E-state index >= 15 is 0 Å². The Bertz CT molecular complexity index is 736. The number of urea groups is 1. The predicted molar refractivity (Wildman–Crippen MR) is 86.3 cm³/mol. The highest BCUT2D eigenvalue weighted by atomic mass is 19.1. The molecule has 2 aromatic rings. The minimum Gasteiger partial charge on any atom is -0.355 e. The van der Waals surface area contributed by atoms with Crippen molar-refractivity contribution in [2.45, 2.75) is 0 Å². The number of nitrogens with zero attached hydrogens (tertiary/aromatic N) is 2. The van der Waals surface area contributed by atoms with E-state index in [0.29, 0.717) is 31.9 Å². The van der Waals surface area contributed by atoms with Crippen molar-refractivity contribution in [2.75, 3.05) is 36.4 Å². The summed E-state index contributed by atoms with van der Waals surface area (Å²) in [6.07, 6.45) is 0. The lowest BCUT2D eigenvalue weighted by molar-refractivity contribution is 0.208. The van der Waals surface area contributed by atoms with E-state index in [-0.39, 0.29) is 17.4 Å². The third kappa shape index (κ3) is 3.68. The Kier molecular flexibility index (Phi) is 4.27. The zero-order valence-electron chi connectivity index (χ0n) is 12.5. The molecule has 3 rings (SSSR count). The van der Waals surface area contributed by atoms with Crippen LogP contribution in [-0.2, 0) is 0 Å². The molecule has 1 aromatic heterocycles. The number of carbonyl (C=O) groups is 1. The summed E-state index contributed by atoms with van der Waals surface area (Å²) in [6, 6.07) is 10.5. The van der Waals surface area contributed by atoms with Crippen molar-refractivity contribution < 1.29 is 9.18 Å². The van der Waals surface area contributed by atoms with E-state index in [1.165, 1.54) is 30.3 Å². The van der Waals surface area contributed by atoms with E-state index < -0.39 is 0 Å². The van der Waals surface area contributed by atoms with Crippen molar-refractivity contribution in [2.24, 2.45) is 0 Å². The van der Waals surface area contributed by atoms with Gasteiger partial charge in [-0.3, -0.25) is 4.79 Å². The molecule has 6 nitrogen and oxygen atoms in total. The molecule has 2 amide bonds. The Labute approximate surface area is 132 Å². The van der Waals surface area contributed by atoms with Gasteiger partial charge in [0.15, 0.2) is 0 Å². The van der Waals surface area contributed by atoms with E-state index in [1.54, 1.807) is 11.0 Å². The van der Waals surface area contributed by atoms with E-state index in [1.807, 2.05) is 11.0 Å². The van der Waals surface area contributed by atoms with Crippen LogP contribution in [0.15, 0.2) is 47.3 Å². The van der Waals surface area contributed by atoms with Crippen LogP contribution in [-0.4, -0.2) is 42.1 Å². The van der Waals surface area contributed by atoms with Gasteiger partial charge in [-0.25, -0.2) is 9.18 Å². The molecule has 1 saturated heterocycles. The van der Waals surface area contributed by atoms with Gasteiger partial charge in [-0.15, -0.1) is 0 Å². The van der Waals surface area contributed by atoms with Crippen LogP contribution in [0.2, 0.25) is 0 Å². The number of piperazine rings is 1. The zero-order chi connectivity index (χ0) is 16.2. The van der Waals surface area contributed by atoms with Crippen LogP contribution in [0.4, 0.5) is 20.7 Å². The van der Waals surface area contributed by atoms with Crippen LogP contribution in [0.25, 0.3) is 0 Å². The number of pyridine rings is 1. The van der Waals surface area contributed by atoms with Crippen LogP contribution in [0.5, 0.6) is 0 Å². The fourth-order valence-electron chi connectivity index (χ4n) is 2.51. The Morgan fingerprint density at radius 2 is 1.74 bits per heavy atom. The second kappa shape index (κ2) is 6.51. The number of anilines is 2. The molecule has 0 saturated carbocycles. The number of aromatic nitrogens is 1. The lowest BCUT2D eigenvalue weighted by Gasteiger charge is -2.35. The standard InChI is InChI=1S/C16H17FN4O2/c17-12-4-6-13(7-5-12)18-16(23)21-10-8-20(9-11-21)14-2-1-3-15(22)19-14/h1-7H,8-11H2,(H,18,23)(H,19,22). The van der Waals surface area contributed by atoms with Gasteiger partial charge in [0.1, 0.15) is 11.6 Å². The van der Waals surface area contributed by atoms with Gasteiger partial charge in [0.05, 0.1) is 0 Å². The van der Waals surface area contributed by atoms with Crippen molar-refractivity contribution in [1.29, 1.82) is 0 Å². The number of carbonyl (C=O) groups excluding carboxylic acids is 1. The molecular weight excluding hydrogens is 299 g/mol. The van der Waals surface area contributed by atoms with Gasteiger partial charge in [-0.05, 0) is 30.3 Å². The fourth-order valence-corrected chi connectivity index (χ4v) is 2.51. The summed E-state index contributed by atoms with van der Waals surface area (Å²) < 4.78 is 12.9. The Morgan fingerprint density at radius 3 is 2.39 bits per heavy atom.